The number of aryl methyl sites for hydroxylation is 1. The van der Waals surface area contributed by atoms with Gasteiger partial charge in [0.05, 0.1) is 0 Å². The van der Waals surface area contributed by atoms with E-state index in [0.717, 1.165) is 62.1 Å². The number of aromatic nitrogens is 3. The van der Waals surface area contributed by atoms with Crippen LogP contribution in [0.15, 0.2) is 53.0 Å². The van der Waals surface area contributed by atoms with Crippen molar-refractivity contribution in [2.45, 2.75) is 32.2 Å². The molecule has 0 spiro atoms. The molecule has 0 atom stereocenters. The number of anilines is 3. The highest BCUT2D eigenvalue weighted by molar-refractivity contribution is 9.10. The van der Waals surface area contributed by atoms with Crippen molar-refractivity contribution in [3.63, 3.8) is 0 Å². The van der Waals surface area contributed by atoms with Gasteiger partial charge in [0.2, 0.25) is 11.9 Å². The van der Waals surface area contributed by atoms with Crippen LogP contribution in [0.1, 0.15) is 24.0 Å². The summed E-state index contributed by atoms with van der Waals surface area (Å²) in [6, 6.07) is 17.5. The summed E-state index contributed by atoms with van der Waals surface area (Å²) in [6.45, 7) is 6.56. The van der Waals surface area contributed by atoms with Crippen LogP contribution < -0.4 is 20.4 Å². The van der Waals surface area contributed by atoms with Crippen molar-refractivity contribution in [1.82, 2.24) is 25.6 Å². The third-order valence-corrected chi connectivity index (χ3v) is 7.62. The van der Waals surface area contributed by atoms with Gasteiger partial charge in [0.15, 0.2) is 0 Å². The topological polar surface area (TPSA) is 98.6 Å². The van der Waals surface area contributed by atoms with Gasteiger partial charge in [0, 0.05) is 56.0 Å². The minimum absolute atomic E-state index is 0.361. The van der Waals surface area contributed by atoms with Crippen LogP contribution in [0.4, 0.5) is 17.6 Å². The zero-order valence-electron chi connectivity index (χ0n) is 20.9. The van der Waals surface area contributed by atoms with E-state index in [2.05, 4.69) is 102 Å². The molecule has 194 valence electrons. The van der Waals surface area contributed by atoms with E-state index in [4.69, 9.17) is 10.0 Å². The van der Waals surface area contributed by atoms with Crippen LogP contribution >= 0.6 is 28.2 Å². The van der Waals surface area contributed by atoms with Gasteiger partial charge in [-0.2, -0.15) is 10.5 Å². The Balaban J connectivity index is 1.26. The third-order valence-electron chi connectivity index (χ3n) is 6.46. The van der Waals surface area contributed by atoms with Crippen molar-refractivity contribution >= 4 is 45.7 Å². The molecular weight excluding hydrogens is 540 g/mol. The van der Waals surface area contributed by atoms with Crippen LogP contribution in [0.5, 0.6) is 0 Å². The first-order valence-corrected chi connectivity index (χ1v) is 13.8. The predicted octanol–water partition coefficient (Wildman–Crippen LogP) is 4.19. The van der Waals surface area contributed by atoms with E-state index in [9.17, 15) is 0 Å². The molecule has 4 N–H and O–H groups in total. The van der Waals surface area contributed by atoms with E-state index < -0.39 is 0 Å². The largest absolute Gasteiger partial charge is 0.368 e. The van der Waals surface area contributed by atoms with Crippen molar-refractivity contribution in [3.05, 3.63) is 64.1 Å². The summed E-state index contributed by atoms with van der Waals surface area (Å²) >= 11 is 4.83. The molecule has 9 nitrogen and oxygen atoms in total. The maximum Gasteiger partial charge on any atom is 0.246 e. The standard InChI is InChI=1S/C25H35BrN8OS/c1-19-3-9-22(10-4-19)32(2)36-35-28-14-18-33(15-11-20-5-7-21(26)8-6-20)23-12-16-34(17-13-23)25-29-24(27)30-31-25/h3-10,23,28H,11-18H2,1-2H3,(H3,27,29,30,31). The van der Waals surface area contributed by atoms with Gasteiger partial charge >= 0.3 is 0 Å². The van der Waals surface area contributed by atoms with E-state index in [0.29, 0.717) is 17.9 Å². The van der Waals surface area contributed by atoms with Gasteiger partial charge in [0.25, 0.3) is 0 Å². The van der Waals surface area contributed by atoms with E-state index in [-0.39, 0.29) is 0 Å². The van der Waals surface area contributed by atoms with Crippen LogP contribution in [0.2, 0.25) is 0 Å². The van der Waals surface area contributed by atoms with Gasteiger partial charge in [-0.3, -0.25) is 9.21 Å². The number of nitrogen functional groups attached to an aromatic ring is 1. The molecule has 1 fully saturated rings. The quantitative estimate of drug-likeness (QED) is 0.127. The molecular formula is C25H35BrN8OS. The number of rotatable bonds is 12. The van der Waals surface area contributed by atoms with E-state index >= 15 is 0 Å². The molecule has 0 amide bonds. The smallest absolute Gasteiger partial charge is 0.246 e. The Morgan fingerprint density at radius 2 is 1.86 bits per heavy atom. The van der Waals surface area contributed by atoms with Crippen molar-refractivity contribution < 1.29 is 4.28 Å². The highest BCUT2D eigenvalue weighted by Gasteiger charge is 2.26. The van der Waals surface area contributed by atoms with Crippen molar-refractivity contribution in [2.75, 3.05) is 54.7 Å². The van der Waals surface area contributed by atoms with Gasteiger partial charge < -0.3 is 10.6 Å². The minimum Gasteiger partial charge on any atom is -0.368 e. The summed E-state index contributed by atoms with van der Waals surface area (Å²) in [5.41, 5.74) is 12.5. The van der Waals surface area contributed by atoms with Gasteiger partial charge in [-0.15, -0.1) is 5.10 Å². The van der Waals surface area contributed by atoms with Crippen molar-refractivity contribution in [1.29, 1.82) is 0 Å². The number of hydroxylamine groups is 1. The first-order valence-electron chi connectivity index (χ1n) is 12.3. The fraction of sp³-hybridized carbons (Fsp3) is 0.440. The van der Waals surface area contributed by atoms with Crippen molar-refractivity contribution in [2.24, 2.45) is 0 Å². The third kappa shape index (κ3) is 7.84. The van der Waals surface area contributed by atoms with Gasteiger partial charge in [-0.1, -0.05) is 45.8 Å². The molecule has 1 aliphatic rings. The highest BCUT2D eigenvalue weighted by atomic mass is 79.9. The molecule has 2 heterocycles. The number of halogens is 1. The fourth-order valence-corrected chi connectivity index (χ4v) is 5.07. The van der Waals surface area contributed by atoms with Crippen molar-refractivity contribution in [3.8, 4) is 0 Å². The minimum atomic E-state index is 0.361. The van der Waals surface area contributed by atoms with E-state index in [1.54, 1.807) is 0 Å². The van der Waals surface area contributed by atoms with Gasteiger partial charge in [-0.05, 0) is 56.0 Å². The summed E-state index contributed by atoms with van der Waals surface area (Å²) in [5, 5.41) is 6.95. The average molecular weight is 576 g/mol. The molecule has 1 aliphatic heterocycles. The van der Waals surface area contributed by atoms with Crippen LogP contribution in [0.3, 0.4) is 0 Å². The average Bonchev–Trinajstić information content (AvgIpc) is 3.33. The fourth-order valence-electron chi connectivity index (χ4n) is 4.35. The second kappa shape index (κ2) is 13.3. The predicted molar refractivity (Wildman–Crippen MR) is 152 cm³/mol. The van der Waals surface area contributed by atoms with Gasteiger partial charge in [-0.25, -0.2) is 9.38 Å². The first kappa shape index (κ1) is 26.7. The Kier molecular flexibility index (Phi) is 9.88. The lowest BCUT2D eigenvalue weighted by Gasteiger charge is -2.38. The number of hydrogen-bond acceptors (Lipinski definition) is 9. The summed E-state index contributed by atoms with van der Waals surface area (Å²) in [6.07, 6.45) is 3.12. The lowest BCUT2D eigenvalue weighted by Crippen LogP contribution is -2.47. The molecule has 0 radical (unpaired) electrons. The van der Waals surface area contributed by atoms with Crippen LogP contribution in [0, 0.1) is 6.92 Å². The molecule has 0 unspecified atom stereocenters. The zero-order chi connectivity index (χ0) is 25.3. The normalized spacial score (nSPS) is 14.5. The lowest BCUT2D eigenvalue weighted by atomic mass is 10.0. The first-order chi connectivity index (χ1) is 17.5. The van der Waals surface area contributed by atoms with Crippen LogP contribution in [-0.2, 0) is 10.7 Å². The molecule has 0 aliphatic carbocycles. The summed E-state index contributed by atoms with van der Waals surface area (Å²) in [5.74, 6) is 1.05. The zero-order valence-corrected chi connectivity index (χ0v) is 23.3. The second-order valence-corrected chi connectivity index (χ2v) is 10.8. The monoisotopic (exact) mass is 574 g/mol. The number of H-pyrrole nitrogens is 1. The number of nitrogens with one attached hydrogen (secondary N) is 2. The Bertz CT molecular complexity index is 1060. The summed E-state index contributed by atoms with van der Waals surface area (Å²) < 4.78 is 8.80. The highest BCUT2D eigenvalue weighted by Crippen LogP contribution is 2.22. The maximum atomic E-state index is 5.71. The summed E-state index contributed by atoms with van der Waals surface area (Å²) in [4.78, 5) is 9.07. The lowest BCUT2D eigenvalue weighted by molar-refractivity contribution is 0.145. The SMILES string of the molecule is Cc1ccc(N(C)SONCCN(CCc2ccc(Br)cc2)C2CCN(c3n[nH]c(N)n3)CC2)cc1. The Morgan fingerprint density at radius 3 is 2.53 bits per heavy atom. The number of benzene rings is 2. The number of nitrogens with two attached hydrogens (primary N) is 1. The van der Waals surface area contributed by atoms with E-state index in [1.165, 1.54) is 23.4 Å². The molecule has 1 aromatic heterocycles. The molecule has 36 heavy (non-hydrogen) atoms. The Hall–Kier alpha value is -2.31. The number of nitrogens with zero attached hydrogens (tertiary/aromatic N) is 5. The van der Waals surface area contributed by atoms with Crippen LogP contribution in [0.25, 0.3) is 0 Å². The summed E-state index contributed by atoms with van der Waals surface area (Å²) in [7, 11) is 2.00. The Labute approximate surface area is 226 Å². The van der Waals surface area contributed by atoms with Gasteiger partial charge in [0.1, 0.15) is 12.2 Å². The number of piperidine rings is 1. The molecule has 0 saturated carbocycles. The van der Waals surface area contributed by atoms with Crippen LogP contribution in [-0.4, -0.2) is 65.9 Å². The maximum absolute atomic E-state index is 5.71. The molecule has 3 aromatic rings. The molecule has 1 saturated heterocycles. The molecule has 4 rings (SSSR count). The van der Waals surface area contributed by atoms with E-state index in [1.807, 2.05) is 11.4 Å². The number of hydrogen-bond donors (Lipinski definition) is 3. The Morgan fingerprint density at radius 1 is 1.14 bits per heavy atom. The number of aromatic amines is 1. The molecule has 2 aromatic carbocycles. The molecule has 11 heteroatoms. The molecule has 0 bridgehead atoms. The second-order valence-electron chi connectivity index (χ2n) is 9.04.